The van der Waals surface area contributed by atoms with E-state index in [-0.39, 0.29) is 11.8 Å². The maximum Gasteiger partial charge on any atom is 0.253 e. The van der Waals surface area contributed by atoms with Crippen LogP contribution in [0.5, 0.6) is 5.75 Å². The van der Waals surface area contributed by atoms with Crippen molar-refractivity contribution in [1.82, 2.24) is 9.80 Å². The second kappa shape index (κ2) is 9.79. The smallest absolute Gasteiger partial charge is 0.253 e. The van der Waals surface area contributed by atoms with E-state index >= 15 is 0 Å². The van der Waals surface area contributed by atoms with Gasteiger partial charge in [0.15, 0.2) is 0 Å². The highest BCUT2D eigenvalue weighted by Gasteiger charge is 2.25. The Morgan fingerprint density at radius 3 is 2.13 bits per heavy atom. The molecule has 2 heterocycles. The van der Waals surface area contributed by atoms with E-state index in [1.54, 1.807) is 0 Å². The van der Waals surface area contributed by atoms with Crippen LogP contribution in [0.3, 0.4) is 0 Å². The zero-order valence-electron chi connectivity index (χ0n) is 17.5. The zero-order valence-corrected chi connectivity index (χ0v) is 17.5. The number of benzene rings is 2. The fourth-order valence-corrected chi connectivity index (χ4v) is 4.34. The van der Waals surface area contributed by atoms with Crippen molar-refractivity contribution in [2.24, 2.45) is 5.92 Å². The van der Waals surface area contributed by atoms with Gasteiger partial charge < -0.3 is 14.5 Å². The van der Waals surface area contributed by atoms with E-state index in [1.165, 1.54) is 6.42 Å². The van der Waals surface area contributed by atoms with Gasteiger partial charge in [0.05, 0.1) is 6.61 Å². The Morgan fingerprint density at radius 1 is 0.767 bits per heavy atom. The number of carbonyl (C=O) groups excluding carboxylic acids is 2. The molecule has 2 aliphatic heterocycles. The standard InChI is InChI=1S/C25H30N2O3/c28-24(26-15-5-2-6-16-26)22-11-13-23(14-12-22)30-19-20-8-7-17-27(18-20)25(29)21-9-3-1-4-10-21/h1,3-4,9-14,20H,2,5-8,15-19H2/t20-/m1/s1. The lowest BCUT2D eigenvalue weighted by atomic mass is 9.98. The average Bonchev–Trinajstić information content (AvgIpc) is 2.83. The number of hydrogen-bond donors (Lipinski definition) is 0. The van der Waals surface area contributed by atoms with Gasteiger partial charge in [0.25, 0.3) is 11.8 Å². The van der Waals surface area contributed by atoms with Crippen molar-refractivity contribution in [3.8, 4) is 5.75 Å². The summed E-state index contributed by atoms with van der Waals surface area (Å²) in [6, 6.07) is 16.9. The molecule has 2 aliphatic rings. The lowest BCUT2D eigenvalue weighted by Crippen LogP contribution is -2.41. The molecular formula is C25H30N2O3. The van der Waals surface area contributed by atoms with E-state index in [4.69, 9.17) is 4.74 Å². The Bertz CT molecular complexity index is 844. The molecule has 2 aromatic rings. The molecule has 1 atom stereocenters. The molecule has 2 fully saturated rings. The number of rotatable bonds is 5. The van der Waals surface area contributed by atoms with E-state index in [0.717, 1.165) is 68.7 Å². The van der Waals surface area contributed by atoms with Gasteiger partial charge in [-0.2, -0.15) is 0 Å². The van der Waals surface area contributed by atoms with Crippen molar-refractivity contribution in [3.05, 3.63) is 65.7 Å². The van der Waals surface area contributed by atoms with E-state index in [1.807, 2.05) is 64.4 Å². The predicted molar refractivity (Wildman–Crippen MR) is 117 cm³/mol. The maximum atomic E-state index is 12.7. The quantitative estimate of drug-likeness (QED) is 0.746. The molecule has 0 unspecified atom stereocenters. The van der Waals surface area contributed by atoms with Gasteiger partial charge >= 0.3 is 0 Å². The first kappa shape index (κ1) is 20.5. The van der Waals surface area contributed by atoms with E-state index in [9.17, 15) is 9.59 Å². The molecule has 0 aliphatic carbocycles. The van der Waals surface area contributed by atoms with E-state index in [2.05, 4.69) is 0 Å². The molecule has 2 amide bonds. The summed E-state index contributed by atoms with van der Waals surface area (Å²) in [5, 5.41) is 0. The summed E-state index contributed by atoms with van der Waals surface area (Å²) in [5.74, 6) is 1.31. The van der Waals surface area contributed by atoms with Gasteiger partial charge in [-0.25, -0.2) is 0 Å². The highest BCUT2D eigenvalue weighted by atomic mass is 16.5. The van der Waals surface area contributed by atoms with Gasteiger partial charge in [0.2, 0.25) is 0 Å². The first-order valence-electron chi connectivity index (χ1n) is 11.1. The van der Waals surface area contributed by atoms with Gasteiger partial charge in [-0.3, -0.25) is 9.59 Å². The first-order valence-corrected chi connectivity index (χ1v) is 11.1. The number of nitrogens with zero attached hydrogens (tertiary/aromatic N) is 2. The van der Waals surface area contributed by atoms with Crippen molar-refractivity contribution in [1.29, 1.82) is 0 Å². The van der Waals surface area contributed by atoms with Gasteiger partial charge in [0.1, 0.15) is 5.75 Å². The molecule has 5 nitrogen and oxygen atoms in total. The molecule has 2 saturated heterocycles. The van der Waals surface area contributed by atoms with Crippen molar-refractivity contribution >= 4 is 11.8 Å². The van der Waals surface area contributed by atoms with Crippen LogP contribution < -0.4 is 4.74 Å². The fraction of sp³-hybridized carbons (Fsp3) is 0.440. The number of likely N-dealkylation sites (tertiary alicyclic amines) is 2. The molecule has 0 radical (unpaired) electrons. The molecular weight excluding hydrogens is 376 g/mol. The van der Waals surface area contributed by atoms with Crippen LogP contribution in [0.2, 0.25) is 0 Å². The molecule has 0 N–H and O–H groups in total. The van der Waals surface area contributed by atoms with Crippen LogP contribution >= 0.6 is 0 Å². The molecule has 158 valence electrons. The molecule has 0 bridgehead atoms. The van der Waals surface area contributed by atoms with Gasteiger partial charge in [-0.1, -0.05) is 18.2 Å². The first-order chi connectivity index (χ1) is 14.7. The number of ether oxygens (including phenoxy) is 1. The molecule has 30 heavy (non-hydrogen) atoms. The third-order valence-electron chi connectivity index (χ3n) is 6.06. The van der Waals surface area contributed by atoms with Crippen LogP contribution in [0.1, 0.15) is 52.8 Å². The monoisotopic (exact) mass is 406 g/mol. The minimum Gasteiger partial charge on any atom is -0.493 e. The number of piperidine rings is 2. The lowest BCUT2D eigenvalue weighted by molar-refractivity contribution is 0.0633. The average molecular weight is 407 g/mol. The van der Waals surface area contributed by atoms with Crippen LogP contribution in [-0.2, 0) is 0 Å². The maximum absolute atomic E-state index is 12.7. The molecule has 5 heteroatoms. The Balaban J connectivity index is 1.29. The summed E-state index contributed by atoms with van der Waals surface area (Å²) < 4.78 is 6.00. The Kier molecular flexibility index (Phi) is 6.67. The van der Waals surface area contributed by atoms with Crippen molar-refractivity contribution in [3.63, 3.8) is 0 Å². The number of amides is 2. The Hall–Kier alpha value is -2.82. The second-order valence-corrected chi connectivity index (χ2v) is 8.31. The van der Waals surface area contributed by atoms with Crippen LogP contribution in [0, 0.1) is 5.92 Å². The largest absolute Gasteiger partial charge is 0.493 e. The predicted octanol–water partition coefficient (Wildman–Crippen LogP) is 4.24. The van der Waals surface area contributed by atoms with Crippen LogP contribution in [0.15, 0.2) is 54.6 Å². The summed E-state index contributed by atoms with van der Waals surface area (Å²) in [5.41, 5.74) is 1.47. The molecule has 0 spiro atoms. The van der Waals surface area contributed by atoms with Crippen LogP contribution in [0.4, 0.5) is 0 Å². The summed E-state index contributed by atoms with van der Waals surface area (Å²) >= 11 is 0. The molecule has 0 aromatic heterocycles. The summed E-state index contributed by atoms with van der Waals surface area (Å²) in [6.07, 6.45) is 5.46. The van der Waals surface area contributed by atoms with Crippen LogP contribution in [0.25, 0.3) is 0 Å². The highest BCUT2D eigenvalue weighted by Crippen LogP contribution is 2.21. The summed E-state index contributed by atoms with van der Waals surface area (Å²) in [6.45, 7) is 3.82. The van der Waals surface area contributed by atoms with E-state index in [0.29, 0.717) is 12.5 Å². The number of hydrogen-bond acceptors (Lipinski definition) is 3. The fourth-order valence-electron chi connectivity index (χ4n) is 4.34. The minimum atomic E-state index is 0.0980. The van der Waals surface area contributed by atoms with Gasteiger partial charge in [-0.05, 0) is 68.5 Å². The Labute approximate surface area is 178 Å². The second-order valence-electron chi connectivity index (χ2n) is 8.31. The lowest BCUT2D eigenvalue weighted by Gasteiger charge is -2.32. The van der Waals surface area contributed by atoms with Crippen molar-refractivity contribution < 1.29 is 14.3 Å². The summed E-state index contributed by atoms with van der Waals surface area (Å²) in [7, 11) is 0. The number of carbonyl (C=O) groups is 2. The van der Waals surface area contributed by atoms with Crippen LogP contribution in [-0.4, -0.2) is 54.4 Å². The summed E-state index contributed by atoms with van der Waals surface area (Å²) in [4.78, 5) is 29.2. The zero-order chi connectivity index (χ0) is 20.8. The van der Waals surface area contributed by atoms with Gasteiger partial charge in [0, 0.05) is 43.2 Å². The highest BCUT2D eigenvalue weighted by molar-refractivity contribution is 5.94. The van der Waals surface area contributed by atoms with Crippen molar-refractivity contribution in [2.75, 3.05) is 32.8 Å². The Morgan fingerprint density at radius 2 is 1.40 bits per heavy atom. The van der Waals surface area contributed by atoms with Gasteiger partial charge in [-0.15, -0.1) is 0 Å². The van der Waals surface area contributed by atoms with E-state index < -0.39 is 0 Å². The third-order valence-corrected chi connectivity index (χ3v) is 6.06. The molecule has 2 aromatic carbocycles. The topological polar surface area (TPSA) is 49.9 Å². The van der Waals surface area contributed by atoms with Crippen molar-refractivity contribution in [2.45, 2.75) is 32.1 Å². The molecule has 0 saturated carbocycles. The SMILES string of the molecule is O=C(c1ccc(OC[C@@H]2CCCN(C(=O)c3ccccc3)C2)cc1)N1CCCCC1. The third kappa shape index (κ3) is 5.02. The minimum absolute atomic E-state index is 0.0980. The normalized spacial score (nSPS) is 19.4. The molecule has 4 rings (SSSR count).